The number of aliphatic carboxylic acids is 1. The molecule has 0 saturated carbocycles. The maximum absolute atomic E-state index is 12.8. The van der Waals surface area contributed by atoms with E-state index in [-0.39, 0.29) is 12.3 Å². The summed E-state index contributed by atoms with van der Waals surface area (Å²) < 4.78 is 2.15. The van der Waals surface area contributed by atoms with Crippen molar-refractivity contribution in [2.75, 3.05) is 13.1 Å². The van der Waals surface area contributed by atoms with Gasteiger partial charge in [-0.05, 0) is 63.4 Å². The molecule has 0 bridgehead atoms. The first kappa shape index (κ1) is 19.6. The van der Waals surface area contributed by atoms with Crippen molar-refractivity contribution in [2.24, 2.45) is 0 Å². The summed E-state index contributed by atoms with van der Waals surface area (Å²) in [5, 5.41) is 10.0. The summed E-state index contributed by atoms with van der Waals surface area (Å²) >= 11 is 5.93. The van der Waals surface area contributed by atoms with Crippen LogP contribution in [0.3, 0.4) is 0 Å². The van der Waals surface area contributed by atoms with Gasteiger partial charge in [0.2, 0.25) is 0 Å². The van der Waals surface area contributed by atoms with Crippen LogP contribution >= 0.6 is 11.6 Å². The zero-order chi connectivity index (χ0) is 19.6. The highest BCUT2D eigenvalue weighted by atomic mass is 35.5. The number of halogens is 1. The van der Waals surface area contributed by atoms with E-state index in [1.807, 2.05) is 44.2 Å². The van der Waals surface area contributed by atoms with Gasteiger partial charge in [-0.2, -0.15) is 0 Å². The minimum atomic E-state index is -0.839. The lowest BCUT2D eigenvalue weighted by molar-refractivity contribution is -0.141. The van der Waals surface area contributed by atoms with Gasteiger partial charge in [0.05, 0.1) is 6.54 Å². The molecule has 0 amide bonds. The van der Waals surface area contributed by atoms with E-state index >= 15 is 0 Å². The van der Waals surface area contributed by atoms with Crippen molar-refractivity contribution in [2.45, 2.75) is 45.7 Å². The molecular formula is C21H25ClN2O3. The number of likely N-dealkylation sites (tertiary alicyclic amines) is 1. The van der Waals surface area contributed by atoms with Crippen molar-refractivity contribution in [3.63, 3.8) is 0 Å². The number of carbonyl (C=O) groups excluding carboxylic acids is 1. The normalized spacial score (nSPS) is 17.4. The lowest BCUT2D eigenvalue weighted by Gasteiger charge is -2.20. The fraction of sp³-hybridized carbons (Fsp3) is 0.429. The van der Waals surface area contributed by atoms with E-state index in [9.17, 15) is 14.7 Å². The molecule has 5 nitrogen and oxygen atoms in total. The Hall–Kier alpha value is -2.11. The number of ketones is 1. The molecule has 1 aromatic heterocycles. The number of hydrogen-bond acceptors (Lipinski definition) is 3. The second kappa shape index (κ2) is 8.28. The number of aromatic nitrogens is 1. The van der Waals surface area contributed by atoms with E-state index in [1.54, 1.807) is 4.90 Å². The maximum Gasteiger partial charge on any atom is 0.320 e. The van der Waals surface area contributed by atoms with Crippen LogP contribution in [0.5, 0.6) is 0 Å². The molecule has 6 heteroatoms. The van der Waals surface area contributed by atoms with E-state index in [0.717, 1.165) is 35.8 Å². The van der Waals surface area contributed by atoms with Crippen LogP contribution in [0.15, 0.2) is 30.3 Å². The Morgan fingerprint density at radius 3 is 2.59 bits per heavy atom. The molecule has 144 valence electrons. The SMILES string of the molecule is Cc1cc(C(=O)CN2CCCC2C(=O)O)c(C)n1CCc1ccc(Cl)cc1. The summed E-state index contributed by atoms with van der Waals surface area (Å²) in [6.45, 7) is 5.58. The van der Waals surface area contributed by atoms with Gasteiger partial charge in [0.1, 0.15) is 6.04 Å². The van der Waals surface area contributed by atoms with E-state index in [2.05, 4.69) is 4.57 Å². The minimum absolute atomic E-state index is 0.00556. The van der Waals surface area contributed by atoms with Crippen LogP contribution in [0.25, 0.3) is 0 Å². The van der Waals surface area contributed by atoms with Gasteiger partial charge in [0.15, 0.2) is 5.78 Å². The molecule has 0 spiro atoms. The third-order valence-corrected chi connectivity index (χ3v) is 5.66. The molecule has 0 aliphatic carbocycles. The summed E-state index contributed by atoms with van der Waals surface area (Å²) in [6, 6.07) is 9.18. The highest BCUT2D eigenvalue weighted by molar-refractivity contribution is 6.30. The first-order chi connectivity index (χ1) is 12.9. The molecule has 0 radical (unpaired) electrons. The number of Topliss-reactive ketones (excluding diaryl/α,β-unsaturated/α-hetero) is 1. The Balaban J connectivity index is 1.70. The van der Waals surface area contributed by atoms with Crippen molar-refractivity contribution in [3.8, 4) is 0 Å². The zero-order valence-corrected chi connectivity index (χ0v) is 16.5. The summed E-state index contributed by atoms with van der Waals surface area (Å²) in [5.41, 5.74) is 3.87. The van der Waals surface area contributed by atoms with Gasteiger partial charge < -0.3 is 9.67 Å². The molecule has 1 atom stereocenters. The number of carboxylic acid groups (broad SMARTS) is 1. The van der Waals surface area contributed by atoms with Crippen LogP contribution in [0, 0.1) is 13.8 Å². The molecule has 1 N–H and O–H groups in total. The monoisotopic (exact) mass is 388 g/mol. The van der Waals surface area contributed by atoms with Crippen LogP contribution in [0.1, 0.15) is 40.2 Å². The molecular weight excluding hydrogens is 364 g/mol. The summed E-state index contributed by atoms with van der Waals surface area (Å²) in [5.74, 6) is -0.845. The molecule has 1 fully saturated rings. The Labute approximate surface area is 164 Å². The number of nitrogens with zero attached hydrogens (tertiary/aromatic N) is 2. The van der Waals surface area contributed by atoms with Gasteiger partial charge in [-0.1, -0.05) is 23.7 Å². The lowest BCUT2D eigenvalue weighted by atomic mass is 10.1. The Morgan fingerprint density at radius 2 is 1.93 bits per heavy atom. The number of benzene rings is 1. The fourth-order valence-electron chi connectivity index (χ4n) is 3.88. The molecule has 1 saturated heterocycles. The first-order valence-corrected chi connectivity index (χ1v) is 9.66. The quantitative estimate of drug-likeness (QED) is 0.734. The third-order valence-electron chi connectivity index (χ3n) is 5.41. The topological polar surface area (TPSA) is 62.5 Å². The number of carbonyl (C=O) groups is 2. The number of rotatable bonds is 7. The fourth-order valence-corrected chi connectivity index (χ4v) is 4.01. The number of aryl methyl sites for hydroxylation is 2. The Kier molecular flexibility index (Phi) is 6.02. The first-order valence-electron chi connectivity index (χ1n) is 9.28. The summed E-state index contributed by atoms with van der Waals surface area (Å²) in [4.78, 5) is 25.9. The van der Waals surface area contributed by atoms with Crippen molar-refractivity contribution >= 4 is 23.4 Å². The molecule has 1 aliphatic rings. The van der Waals surface area contributed by atoms with E-state index in [1.165, 1.54) is 5.56 Å². The lowest BCUT2D eigenvalue weighted by Crippen LogP contribution is -2.39. The third kappa shape index (κ3) is 4.42. The highest BCUT2D eigenvalue weighted by Gasteiger charge is 2.32. The van der Waals surface area contributed by atoms with Gasteiger partial charge >= 0.3 is 5.97 Å². The predicted octanol–water partition coefficient (Wildman–Crippen LogP) is 3.73. The van der Waals surface area contributed by atoms with Crippen LogP contribution in [0.2, 0.25) is 5.02 Å². The molecule has 2 heterocycles. The molecule has 3 rings (SSSR count). The van der Waals surface area contributed by atoms with Crippen LogP contribution in [-0.2, 0) is 17.8 Å². The highest BCUT2D eigenvalue weighted by Crippen LogP contribution is 2.21. The van der Waals surface area contributed by atoms with Crippen molar-refractivity contribution in [1.82, 2.24) is 9.47 Å². The number of carboxylic acids is 1. The number of hydrogen-bond donors (Lipinski definition) is 1. The van der Waals surface area contributed by atoms with E-state index < -0.39 is 12.0 Å². The predicted molar refractivity (Wildman–Crippen MR) is 106 cm³/mol. The van der Waals surface area contributed by atoms with Gasteiger partial charge in [0, 0.05) is 28.5 Å². The smallest absolute Gasteiger partial charge is 0.320 e. The summed E-state index contributed by atoms with van der Waals surface area (Å²) in [6.07, 6.45) is 2.29. The van der Waals surface area contributed by atoms with Gasteiger partial charge in [-0.15, -0.1) is 0 Å². The zero-order valence-electron chi connectivity index (χ0n) is 15.7. The van der Waals surface area contributed by atoms with E-state index in [4.69, 9.17) is 11.6 Å². The average molecular weight is 389 g/mol. The minimum Gasteiger partial charge on any atom is -0.480 e. The Bertz CT molecular complexity index is 842. The van der Waals surface area contributed by atoms with Crippen molar-refractivity contribution in [3.05, 3.63) is 57.9 Å². The van der Waals surface area contributed by atoms with Gasteiger partial charge in [0.25, 0.3) is 0 Å². The largest absolute Gasteiger partial charge is 0.480 e. The van der Waals surface area contributed by atoms with Gasteiger partial charge in [-0.3, -0.25) is 14.5 Å². The molecule has 1 aliphatic heterocycles. The van der Waals surface area contributed by atoms with Crippen molar-refractivity contribution < 1.29 is 14.7 Å². The van der Waals surface area contributed by atoms with Crippen LogP contribution in [0.4, 0.5) is 0 Å². The van der Waals surface area contributed by atoms with Crippen molar-refractivity contribution in [1.29, 1.82) is 0 Å². The molecule has 1 aromatic carbocycles. The van der Waals surface area contributed by atoms with Crippen LogP contribution in [-0.4, -0.2) is 45.5 Å². The molecule has 27 heavy (non-hydrogen) atoms. The Morgan fingerprint density at radius 1 is 1.22 bits per heavy atom. The van der Waals surface area contributed by atoms with E-state index in [0.29, 0.717) is 18.5 Å². The second-order valence-electron chi connectivity index (χ2n) is 7.20. The average Bonchev–Trinajstić information content (AvgIpc) is 3.19. The summed E-state index contributed by atoms with van der Waals surface area (Å²) in [7, 11) is 0. The second-order valence-corrected chi connectivity index (χ2v) is 7.64. The van der Waals surface area contributed by atoms with Crippen LogP contribution < -0.4 is 0 Å². The molecule has 2 aromatic rings. The maximum atomic E-state index is 12.8. The molecule has 1 unspecified atom stereocenters. The standard InChI is InChI=1S/C21H25ClN2O3/c1-14-12-18(20(25)13-23-10-3-4-19(23)21(26)27)15(2)24(14)11-9-16-5-7-17(22)8-6-16/h5-8,12,19H,3-4,9-11,13H2,1-2H3,(H,26,27). The van der Waals surface area contributed by atoms with Gasteiger partial charge in [-0.25, -0.2) is 0 Å².